The summed E-state index contributed by atoms with van der Waals surface area (Å²) in [7, 11) is 1.82. The summed E-state index contributed by atoms with van der Waals surface area (Å²) in [5, 5.41) is 6.84. The number of imidazole rings is 1. The molecule has 1 unspecified atom stereocenters. The minimum Gasteiger partial charge on any atom is -0.354 e. The van der Waals surface area contributed by atoms with Crippen LogP contribution in [-0.4, -0.2) is 28.6 Å². The van der Waals surface area contributed by atoms with E-state index in [0.29, 0.717) is 18.5 Å². The van der Waals surface area contributed by atoms with Crippen molar-refractivity contribution in [3.63, 3.8) is 0 Å². The van der Waals surface area contributed by atoms with E-state index in [-0.39, 0.29) is 24.0 Å². The molecule has 1 atom stereocenters. The number of aliphatic imine (C=N–C) groups is 1. The third-order valence-corrected chi connectivity index (χ3v) is 3.80. The van der Waals surface area contributed by atoms with Gasteiger partial charge in [0.15, 0.2) is 5.96 Å². The van der Waals surface area contributed by atoms with Crippen LogP contribution >= 0.6 is 24.0 Å². The fourth-order valence-electron chi connectivity index (χ4n) is 2.56. The fraction of sp³-hybridized carbons (Fsp3) is 0.778. The summed E-state index contributed by atoms with van der Waals surface area (Å²) in [5.41, 5.74) is 0. The average Bonchev–Trinajstić information content (AvgIpc) is 2.89. The lowest BCUT2D eigenvalue weighted by atomic mass is 10.0. The molecular weight excluding hydrogens is 413 g/mol. The summed E-state index contributed by atoms with van der Waals surface area (Å²) in [6, 6.07) is 0.426. The number of halogens is 1. The second kappa shape index (κ2) is 12.6. The molecule has 140 valence electrons. The van der Waals surface area contributed by atoms with Gasteiger partial charge in [-0.05, 0) is 25.2 Å². The maximum Gasteiger partial charge on any atom is 0.191 e. The van der Waals surface area contributed by atoms with Gasteiger partial charge in [-0.15, -0.1) is 24.0 Å². The van der Waals surface area contributed by atoms with Crippen LogP contribution < -0.4 is 10.6 Å². The van der Waals surface area contributed by atoms with Crippen LogP contribution in [0.5, 0.6) is 0 Å². The molecule has 0 aliphatic heterocycles. The summed E-state index contributed by atoms with van der Waals surface area (Å²) >= 11 is 0. The number of hydrogen-bond donors (Lipinski definition) is 2. The quantitative estimate of drug-likeness (QED) is 0.340. The highest BCUT2D eigenvalue weighted by Gasteiger charge is 2.08. The fourth-order valence-corrected chi connectivity index (χ4v) is 2.56. The van der Waals surface area contributed by atoms with Crippen molar-refractivity contribution in [2.24, 2.45) is 16.8 Å². The Kier molecular flexibility index (Phi) is 12.1. The van der Waals surface area contributed by atoms with Gasteiger partial charge < -0.3 is 15.2 Å². The molecule has 0 aromatic carbocycles. The Morgan fingerprint density at radius 2 is 1.88 bits per heavy atom. The Morgan fingerprint density at radius 3 is 2.46 bits per heavy atom. The zero-order chi connectivity index (χ0) is 17.2. The van der Waals surface area contributed by atoms with Crippen molar-refractivity contribution in [2.45, 2.75) is 73.0 Å². The van der Waals surface area contributed by atoms with Crippen molar-refractivity contribution in [1.82, 2.24) is 20.2 Å². The van der Waals surface area contributed by atoms with E-state index < -0.39 is 0 Å². The standard InChI is InChI=1S/C18H35N5.HI/c1-14(2)8-7-9-16(5)22-18(19-6)21-12-17-20-10-11-23(17)13-15(3)4;/h10-11,14-16H,7-9,12-13H2,1-6H3,(H2,19,21,22);1H. The van der Waals surface area contributed by atoms with Gasteiger partial charge in [0.1, 0.15) is 5.82 Å². The van der Waals surface area contributed by atoms with Gasteiger partial charge in [-0.2, -0.15) is 0 Å². The van der Waals surface area contributed by atoms with Gasteiger partial charge in [0.25, 0.3) is 0 Å². The van der Waals surface area contributed by atoms with Crippen molar-refractivity contribution < 1.29 is 0 Å². The molecule has 0 radical (unpaired) electrons. The van der Waals surface area contributed by atoms with E-state index in [0.717, 1.165) is 24.2 Å². The monoisotopic (exact) mass is 449 g/mol. The number of hydrogen-bond acceptors (Lipinski definition) is 2. The molecule has 6 heteroatoms. The van der Waals surface area contributed by atoms with Crippen LogP contribution in [-0.2, 0) is 13.1 Å². The molecular formula is C18H36IN5. The molecule has 0 spiro atoms. The van der Waals surface area contributed by atoms with Gasteiger partial charge >= 0.3 is 0 Å². The third-order valence-electron chi connectivity index (χ3n) is 3.80. The van der Waals surface area contributed by atoms with Crippen molar-refractivity contribution in [3.05, 3.63) is 18.2 Å². The summed E-state index contributed by atoms with van der Waals surface area (Å²) in [5.74, 6) is 3.29. The second-order valence-electron chi connectivity index (χ2n) is 7.19. The molecule has 1 aromatic heterocycles. The highest BCUT2D eigenvalue weighted by atomic mass is 127. The predicted molar refractivity (Wildman–Crippen MR) is 114 cm³/mol. The predicted octanol–water partition coefficient (Wildman–Crippen LogP) is 4.04. The van der Waals surface area contributed by atoms with Crippen molar-refractivity contribution in [2.75, 3.05) is 7.05 Å². The minimum atomic E-state index is 0. The maximum absolute atomic E-state index is 4.44. The molecule has 1 rings (SSSR count). The maximum atomic E-state index is 4.44. The van der Waals surface area contributed by atoms with Gasteiger partial charge in [0, 0.05) is 32.0 Å². The minimum absolute atomic E-state index is 0. The highest BCUT2D eigenvalue weighted by molar-refractivity contribution is 14.0. The zero-order valence-corrected chi connectivity index (χ0v) is 18.5. The normalized spacial score (nSPS) is 13.1. The van der Waals surface area contributed by atoms with E-state index in [9.17, 15) is 0 Å². The van der Waals surface area contributed by atoms with E-state index in [1.54, 1.807) is 0 Å². The molecule has 0 bridgehead atoms. The van der Waals surface area contributed by atoms with Gasteiger partial charge in [-0.3, -0.25) is 4.99 Å². The first kappa shape index (κ1) is 23.2. The first-order valence-electron chi connectivity index (χ1n) is 8.89. The number of rotatable bonds is 9. The van der Waals surface area contributed by atoms with Crippen LogP contribution in [0.1, 0.15) is 59.7 Å². The highest BCUT2D eigenvalue weighted by Crippen LogP contribution is 2.08. The van der Waals surface area contributed by atoms with E-state index in [1.165, 1.54) is 19.3 Å². The van der Waals surface area contributed by atoms with Gasteiger partial charge in [-0.1, -0.05) is 40.5 Å². The lowest BCUT2D eigenvalue weighted by Crippen LogP contribution is -2.42. The molecule has 1 heterocycles. The van der Waals surface area contributed by atoms with Crippen molar-refractivity contribution in [1.29, 1.82) is 0 Å². The number of nitrogens with zero attached hydrogens (tertiary/aromatic N) is 3. The summed E-state index contributed by atoms with van der Waals surface area (Å²) in [6.07, 6.45) is 7.61. The van der Waals surface area contributed by atoms with Crippen LogP contribution in [0.15, 0.2) is 17.4 Å². The molecule has 0 saturated carbocycles. The molecule has 0 aliphatic rings. The van der Waals surface area contributed by atoms with E-state index in [1.807, 2.05) is 19.4 Å². The Balaban J connectivity index is 0.00000529. The molecule has 24 heavy (non-hydrogen) atoms. The Labute approximate surface area is 165 Å². The molecule has 0 amide bonds. The largest absolute Gasteiger partial charge is 0.354 e. The lowest BCUT2D eigenvalue weighted by Gasteiger charge is -2.18. The SMILES string of the molecule is CN=C(NCc1nccn1CC(C)C)NC(C)CCCC(C)C.I. The van der Waals surface area contributed by atoms with Crippen LogP contribution in [0, 0.1) is 11.8 Å². The van der Waals surface area contributed by atoms with Gasteiger partial charge in [0.2, 0.25) is 0 Å². The molecule has 0 fully saturated rings. The van der Waals surface area contributed by atoms with Crippen LogP contribution in [0.4, 0.5) is 0 Å². The summed E-state index contributed by atoms with van der Waals surface area (Å²) in [6.45, 7) is 12.9. The van der Waals surface area contributed by atoms with Gasteiger partial charge in [-0.25, -0.2) is 4.98 Å². The molecule has 0 aliphatic carbocycles. The van der Waals surface area contributed by atoms with Crippen LogP contribution in [0.3, 0.4) is 0 Å². The Morgan fingerprint density at radius 1 is 1.17 bits per heavy atom. The van der Waals surface area contributed by atoms with E-state index in [2.05, 4.69) is 59.8 Å². The summed E-state index contributed by atoms with van der Waals surface area (Å²) in [4.78, 5) is 8.76. The Hall–Kier alpha value is -0.790. The van der Waals surface area contributed by atoms with Crippen molar-refractivity contribution in [3.8, 4) is 0 Å². The lowest BCUT2D eigenvalue weighted by molar-refractivity contribution is 0.488. The number of nitrogens with one attached hydrogen (secondary N) is 2. The van der Waals surface area contributed by atoms with E-state index in [4.69, 9.17) is 0 Å². The van der Waals surface area contributed by atoms with Crippen LogP contribution in [0.25, 0.3) is 0 Å². The zero-order valence-electron chi connectivity index (χ0n) is 16.2. The first-order valence-corrected chi connectivity index (χ1v) is 8.89. The Bertz CT molecular complexity index is 468. The van der Waals surface area contributed by atoms with Crippen LogP contribution in [0.2, 0.25) is 0 Å². The topological polar surface area (TPSA) is 54.2 Å². The number of guanidine groups is 1. The van der Waals surface area contributed by atoms with E-state index >= 15 is 0 Å². The molecule has 1 aromatic rings. The average molecular weight is 449 g/mol. The molecule has 2 N–H and O–H groups in total. The summed E-state index contributed by atoms with van der Waals surface area (Å²) < 4.78 is 2.21. The van der Waals surface area contributed by atoms with Gasteiger partial charge in [0.05, 0.1) is 6.54 Å². The first-order chi connectivity index (χ1) is 10.9. The smallest absolute Gasteiger partial charge is 0.191 e. The van der Waals surface area contributed by atoms with Crippen molar-refractivity contribution >= 4 is 29.9 Å². The third kappa shape index (κ3) is 9.49. The second-order valence-corrected chi connectivity index (χ2v) is 7.19. The molecule has 5 nitrogen and oxygen atoms in total. The molecule has 0 saturated heterocycles. The number of aromatic nitrogens is 2.